The van der Waals surface area contributed by atoms with Gasteiger partial charge in [-0.05, 0) is 43.9 Å². The summed E-state index contributed by atoms with van der Waals surface area (Å²) in [7, 11) is 0. The number of aromatic nitrogens is 4. The van der Waals surface area contributed by atoms with Crippen molar-refractivity contribution in [3.8, 4) is 11.3 Å². The van der Waals surface area contributed by atoms with E-state index in [0.29, 0.717) is 17.1 Å². The Kier molecular flexibility index (Phi) is 4.83. The van der Waals surface area contributed by atoms with E-state index >= 15 is 0 Å². The van der Waals surface area contributed by atoms with Crippen molar-refractivity contribution >= 4 is 34.1 Å². The Labute approximate surface area is 173 Å². The number of benzene rings is 1. The summed E-state index contributed by atoms with van der Waals surface area (Å²) in [5, 5.41) is 14.1. The van der Waals surface area contributed by atoms with Gasteiger partial charge in [0.2, 0.25) is 5.91 Å². The first kappa shape index (κ1) is 18.7. The van der Waals surface area contributed by atoms with Gasteiger partial charge in [-0.25, -0.2) is 13.8 Å². The first-order valence-electron chi connectivity index (χ1n) is 9.37. The monoisotopic (exact) mass is 433 g/mol. The molecule has 0 unspecified atom stereocenters. The summed E-state index contributed by atoms with van der Waals surface area (Å²) in [5.74, 6) is 0.422. The van der Waals surface area contributed by atoms with E-state index in [-0.39, 0.29) is 22.9 Å². The van der Waals surface area contributed by atoms with Gasteiger partial charge in [0.1, 0.15) is 17.5 Å². The molecule has 2 fully saturated rings. The highest BCUT2D eigenvalue weighted by atomic mass is 32.2. The summed E-state index contributed by atoms with van der Waals surface area (Å²) >= 11 is 2.53. The van der Waals surface area contributed by atoms with Crippen molar-refractivity contribution in [1.29, 1.82) is 0 Å². The van der Waals surface area contributed by atoms with Crippen molar-refractivity contribution in [3.63, 3.8) is 0 Å². The highest BCUT2D eigenvalue weighted by Gasteiger charge is 2.36. The molecule has 0 spiro atoms. The Bertz CT molecular complexity index is 1070. The van der Waals surface area contributed by atoms with Crippen molar-refractivity contribution in [2.75, 3.05) is 11.1 Å². The number of carbonyl (C=O) groups is 1. The maximum Gasteiger partial charge on any atom is 0.236 e. The second kappa shape index (κ2) is 7.49. The van der Waals surface area contributed by atoms with Crippen LogP contribution in [0.15, 0.2) is 28.7 Å². The molecule has 1 N–H and O–H groups in total. The van der Waals surface area contributed by atoms with Gasteiger partial charge in [0.25, 0.3) is 0 Å². The van der Waals surface area contributed by atoms with Gasteiger partial charge in [0.05, 0.1) is 11.4 Å². The summed E-state index contributed by atoms with van der Waals surface area (Å²) in [5.41, 5.74) is 0.360. The average molecular weight is 434 g/mol. The second-order valence-corrected chi connectivity index (χ2v) is 9.02. The first-order valence-corrected chi connectivity index (χ1v) is 11.2. The van der Waals surface area contributed by atoms with Crippen LogP contribution in [0, 0.1) is 11.6 Å². The quantitative estimate of drug-likeness (QED) is 0.551. The minimum Gasteiger partial charge on any atom is -0.303 e. The molecule has 1 aromatic carbocycles. The summed E-state index contributed by atoms with van der Waals surface area (Å²) in [6, 6.07) is 3.67. The summed E-state index contributed by atoms with van der Waals surface area (Å²) in [4.78, 5) is 16.6. The maximum atomic E-state index is 13.9. The van der Waals surface area contributed by atoms with E-state index in [1.807, 2.05) is 0 Å². The molecule has 2 heterocycles. The van der Waals surface area contributed by atoms with E-state index in [0.717, 1.165) is 54.9 Å². The van der Waals surface area contributed by atoms with Crippen molar-refractivity contribution < 1.29 is 13.6 Å². The maximum absolute atomic E-state index is 13.9. The zero-order chi connectivity index (χ0) is 20.0. The van der Waals surface area contributed by atoms with Gasteiger partial charge in [-0.3, -0.25) is 4.79 Å². The third-order valence-corrected chi connectivity index (χ3v) is 6.53. The number of carbonyl (C=O) groups excluding carboxylic acids is 1. The van der Waals surface area contributed by atoms with Crippen LogP contribution in [-0.4, -0.2) is 31.4 Å². The van der Waals surface area contributed by atoms with Crippen LogP contribution in [0.2, 0.25) is 0 Å². The van der Waals surface area contributed by atoms with Crippen molar-refractivity contribution in [3.05, 3.63) is 41.0 Å². The molecule has 29 heavy (non-hydrogen) atoms. The standard InChI is InChI=1S/C19H17F2N5OS2/c20-11-3-6-14(21)13(7-11)15-8-28-18(22-15)23-16(27)9-29-19-25-24-17(10-1-2-10)26(19)12-4-5-12/h3,6-8,10,12H,1-2,4-5,9H2,(H,22,23,27). The highest BCUT2D eigenvalue weighted by Crippen LogP contribution is 2.46. The Hall–Kier alpha value is -2.33. The zero-order valence-corrected chi connectivity index (χ0v) is 16.9. The molecule has 0 atom stereocenters. The molecule has 150 valence electrons. The molecule has 0 radical (unpaired) electrons. The lowest BCUT2D eigenvalue weighted by Gasteiger charge is -2.07. The third-order valence-electron chi connectivity index (χ3n) is 4.83. The van der Waals surface area contributed by atoms with Gasteiger partial charge < -0.3 is 9.88 Å². The van der Waals surface area contributed by atoms with E-state index in [9.17, 15) is 13.6 Å². The molecule has 6 nitrogen and oxygen atoms in total. The van der Waals surface area contributed by atoms with Gasteiger partial charge >= 0.3 is 0 Å². The summed E-state index contributed by atoms with van der Waals surface area (Å²) < 4.78 is 29.5. The predicted octanol–water partition coefficient (Wildman–Crippen LogP) is 4.62. The molecule has 10 heteroatoms. The summed E-state index contributed by atoms with van der Waals surface area (Å²) in [6.07, 6.45) is 4.59. The summed E-state index contributed by atoms with van der Waals surface area (Å²) in [6.45, 7) is 0. The number of nitrogens with one attached hydrogen (secondary N) is 1. The van der Waals surface area contributed by atoms with E-state index in [1.165, 1.54) is 23.1 Å². The molecule has 2 aromatic heterocycles. The van der Waals surface area contributed by atoms with Crippen LogP contribution in [0.25, 0.3) is 11.3 Å². The number of rotatable bonds is 7. The molecule has 3 aromatic rings. The molecule has 5 rings (SSSR count). The van der Waals surface area contributed by atoms with Crippen LogP contribution in [-0.2, 0) is 4.79 Å². The van der Waals surface area contributed by atoms with Crippen molar-refractivity contribution in [2.24, 2.45) is 0 Å². The lowest BCUT2D eigenvalue weighted by molar-refractivity contribution is -0.113. The molecule has 0 bridgehead atoms. The Morgan fingerprint density at radius 2 is 2.07 bits per heavy atom. The van der Waals surface area contributed by atoms with Crippen molar-refractivity contribution in [1.82, 2.24) is 19.7 Å². The minimum absolute atomic E-state index is 0.0706. The predicted molar refractivity (Wildman–Crippen MR) is 107 cm³/mol. The van der Waals surface area contributed by atoms with E-state index in [4.69, 9.17) is 0 Å². The van der Waals surface area contributed by atoms with Crippen molar-refractivity contribution in [2.45, 2.75) is 42.8 Å². The minimum atomic E-state index is -0.559. The lowest BCUT2D eigenvalue weighted by Crippen LogP contribution is -2.14. The Morgan fingerprint density at radius 1 is 1.24 bits per heavy atom. The molecule has 2 saturated carbocycles. The third kappa shape index (κ3) is 4.04. The molecule has 0 aliphatic heterocycles. The average Bonchev–Trinajstić information content (AvgIpc) is 3.64. The SMILES string of the molecule is O=C(CSc1nnc(C2CC2)n1C1CC1)Nc1nc(-c2cc(F)ccc2F)cs1. The second-order valence-electron chi connectivity index (χ2n) is 7.22. The Morgan fingerprint density at radius 3 is 2.83 bits per heavy atom. The zero-order valence-electron chi connectivity index (χ0n) is 15.3. The molecule has 2 aliphatic rings. The van der Waals surface area contributed by atoms with Gasteiger partial charge in [-0.1, -0.05) is 11.8 Å². The van der Waals surface area contributed by atoms with Gasteiger partial charge in [-0.2, -0.15) is 0 Å². The number of thioether (sulfide) groups is 1. The lowest BCUT2D eigenvalue weighted by atomic mass is 10.1. The number of hydrogen-bond donors (Lipinski definition) is 1. The fraction of sp³-hybridized carbons (Fsp3) is 0.368. The fourth-order valence-corrected chi connectivity index (χ4v) is 4.66. The van der Waals surface area contributed by atoms with Crippen LogP contribution in [0.4, 0.5) is 13.9 Å². The van der Waals surface area contributed by atoms with Gasteiger partial charge in [0, 0.05) is 22.9 Å². The number of halogens is 2. The number of hydrogen-bond acceptors (Lipinski definition) is 6. The van der Waals surface area contributed by atoms with Crippen LogP contribution in [0.3, 0.4) is 0 Å². The topological polar surface area (TPSA) is 72.7 Å². The van der Waals surface area contributed by atoms with Gasteiger partial charge in [0.15, 0.2) is 10.3 Å². The fourth-order valence-electron chi connectivity index (χ4n) is 3.12. The number of amides is 1. The number of anilines is 1. The first-order chi connectivity index (χ1) is 14.1. The van der Waals surface area contributed by atoms with Crippen LogP contribution in [0.5, 0.6) is 0 Å². The van der Waals surface area contributed by atoms with Gasteiger partial charge in [-0.15, -0.1) is 21.5 Å². The Balaban J connectivity index is 1.23. The van der Waals surface area contributed by atoms with E-state index in [1.54, 1.807) is 5.38 Å². The molecule has 1 amide bonds. The highest BCUT2D eigenvalue weighted by molar-refractivity contribution is 7.99. The van der Waals surface area contributed by atoms with Crippen LogP contribution >= 0.6 is 23.1 Å². The molecular weight excluding hydrogens is 416 g/mol. The number of nitrogens with zero attached hydrogens (tertiary/aromatic N) is 4. The van der Waals surface area contributed by atoms with Crippen LogP contribution in [0.1, 0.15) is 43.5 Å². The number of thiazole rings is 1. The smallest absolute Gasteiger partial charge is 0.236 e. The molecule has 0 saturated heterocycles. The molecule has 2 aliphatic carbocycles. The normalized spacial score (nSPS) is 16.2. The van der Waals surface area contributed by atoms with E-state index in [2.05, 4.69) is 25.1 Å². The van der Waals surface area contributed by atoms with Crippen LogP contribution < -0.4 is 5.32 Å². The largest absolute Gasteiger partial charge is 0.303 e. The van der Waals surface area contributed by atoms with E-state index < -0.39 is 11.6 Å². The molecular formula is C19H17F2N5OS2.